The second kappa shape index (κ2) is 6.34. The van der Waals surface area contributed by atoms with Crippen LogP contribution in [0.25, 0.3) is 0 Å². The van der Waals surface area contributed by atoms with Crippen molar-refractivity contribution in [1.82, 2.24) is 0 Å². The van der Waals surface area contributed by atoms with Crippen molar-refractivity contribution in [2.75, 3.05) is 0 Å². The molecule has 0 bridgehead atoms. The molecule has 56 valence electrons. The van der Waals surface area contributed by atoms with Gasteiger partial charge in [0.05, 0.1) is 0 Å². The van der Waals surface area contributed by atoms with Gasteiger partial charge < -0.3 is 0 Å². The normalized spacial score (nSPS) is 10.7. The topological polar surface area (TPSA) is 0 Å². The van der Waals surface area contributed by atoms with Crippen molar-refractivity contribution in [2.24, 2.45) is 0 Å². The van der Waals surface area contributed by atoms with E-state index in [0.717, 1.165) is 0 Å². The highest BCUT2D eigenvalue weighted by Gasteiger charge is 2.03. The Morgan fingerprint density at radius 1 is 0.889 bits per heavy atom. The second-order valence-electron chi connectivity index (χ2n) is 2.85. The Morgan fingerprint density at radius 2 is 1.33 bits per heavy atom. The van der Waals surface area contributed by atoms with Crippen molar-refractivity contribution in [3.05, 3.63) is 0 Å². The average Bonchev–Trinajstić information content (AvgIpc) is 1.88. The highest BCUT2D eigenvalue weighted by atomic mass is 28.3. The molecule has 0 rings (SSSR count). The van der Waals surface area contributed by atoms with Gasteiger partial charge >= 0.3 is 0 Å². The molecule has 0 nitrogen and oxygen atoms in total. The largest absolute Gasteiger partial charge is 0.0680 e. The Morgan fingerprint density at radius 3 is 1.56 bits per heavy atom. The van der Waals surface area contributed by atoms with Gasteiger partial charge in [-0.2, -0.15) is 0 Å². The predicted molar refractivity (Wildman–Crippen MR) is 47.8 cm³/mol. The van der Waals surface area contributed by atoms with Gasteiger partial charge in [-0.3, -0.25) is 0 Å². The van der Waals surface area contributed by atoms with Crippen LogP contribution in [-0.4, -0.2) is 8.80 Å². The third kappa shape index (κ3) is 4.70. The first kappa shape index (κ1) is 9.22. The minimum Gasteiger partial charge on any atom is -0.0680 e. The average molecular weight is 144 g/mol. The SMILES string of the molecule is CCC[SiH](CC)CCC. The summed E-state index contributed by atoms with van der Waals surface area (Å²) in [6.07, 6.45) is 2.84. The molecule has 1 heteroatoms. The van der Waals surface area contributed by atoms with Crippen LogP contribution < -0.4 is 0 Å². The Bertz CT molecular complexity index is 46.5. The predicted octanol–water partition coefficient (Wildman–Crippen LogP) is 3.05. The molecular formula is C8H20Si. The van der Waals surface area contributed by atoms with Gasteiger partial charge in [0.2, 0.25) is 0 Å². The van der Waals surface area contributed by atoms with Crippen molar-refractivity contribution in [1.29, 1.82) is 0 Å². The summed E-state index contributed by atoms with van der Waals surface area (Å²) in [5.41, 5.74) is 0. The number of rotatable bonds is 5. The highest BCUT2D eigenvalue weighted by molar-refractivity contribution is 6.58. The first-order valence-electron chi connectivity index (χ1n) is 4.35. The maximum Gasteiger partial charge on any atom is 0.0364 e. The van der Waals surface area contributed by atoms with Gasteiger partial charge in [-0.05, 0) is 0 Å². The smallest absolute Gasteiger partial charge is 0.0364 e. The molecule has 0 aliphatic carbocycles. The van der Waals surface area contributed by atoms with Crippen molar-refractivity contribution < 1.29 is 0 Å². The maximum atomic E-state index is 2.36. The zero-order chi connectivity index (χ0) is 7.11. The van der Waals surface area contributed by atoms with Crippen LogP contribution in [0.15, 0.2) is 0 Å². The molecule has 0 aromatic heterocycles. The lowest BCUT2D eigenvalue weighted by Crippen LogP contribution is -2.08. The van der Waals surface area contributed by atoms with Crippen LogP contribution in [0.1, 0.15) is 33.6 Å². The molecule has 0 unspecified atom stereocenters. The van der Waals surface area contributed by atoms with Crippen LogP contribution in [0.4, 0.5) is 0 Å². The van der Waals surface area contributed by atoms with E-state index < -0.39 is 0 Å². The van der Waals surface area contributed by atoms with Gasteiger partial charge in [0, 0.05) is 8.80 Å². The van der Waals surface area contributed by atoms with E-state index >= 15 is 0 Å². The summed E-state index contributed by atoms with van der Waals surface area (Å²) in [6.45, 7) is 6.98. The van der Waals surface area contributed by atoms with E-state index in [1.165, 1.54) is 18.9 Å². The van der Waals surface area contributed by atoms with Gasteiger partial charge in [-0.1, -0.05) is 51.7 Å². The van der Waals surface area contributed by atoms with Crippen molar-refractivity contribution >= 4 is 8.80 Å². The van der Waals surface area contributed by atoms with Gasteiger partial charge in [0.1, 0.15) is 0 Å². The summed E-state index contributed by atoms with van der Waals surface area (Å²) in [4.78, 5) is 0. The lowest BCUT2D eigenvalue weighted by atomic mass is 10.6. The van der Waals surface area contributed by atoms with Crippen LogP contribution in [0, 0.1) is 0 Å². The van der Waals surface area contributed by atoms with Crippen LogP contribution in [0.5, 0.6) is 0 Å². The Balaban J connectivity index is 3.18. The summed E-state index contributed by atoms with van der Waals surface area (Å²) < 4.78 is 0. The van der Waals surface area contributed by atoms with E-state index in [1.807, 2.05) is 0 Å². The molecule has 0 radical (unpaired) electrons. The van der Waals surface area contributed by atoms with Crippen molar-refractivity contribution in [3.63, 3.8) is 0 Å². The molecule has 9 heavy (non-hydrogen) atoms. The first-order valence-corrected chi connectivity index (χ1v) is 6.80. The molecule has 0 aliphatic heterocycles. The summed E-state index contributed by atoms with van der Waals surface area (Å²) in [5, 5.41) is 0. The summed E-state index contributed by atoms with van der Waals surface area (Å²) in [5.74, 6) is 0. The van der Waals surface area contributed by atoms with Gasteiger partial charge in [-0.25, -0.2) is 0 Å². The zero-order valence-corrected chi connectivity index (χ0v) is 8.27. The summed E-state index contributed by atoms with van der Waals surface area (Å²) in [7, 11) is -0.213. The lowest BCUT2D eigenvalue weighted by Gasteiger charge is -2.08. The fourth-order valence-corrected chi connectivity index (χ4v) is 4.11. The third-order valence-electron chi connectivity index (χ3n) is 1.97. The van der Waals surface area contributed by atoms with Gasteiger partial charge in [0.25, 0.3) is 0 Å². The van der Waals surface area contributed by atoms with E-state index in [2.05, 4.69) is 20.8 Å². The van der Waals surface area contributed by atoms with E-state index in [0.29, 0.717) is 0 Å². The zero-order valence-electron chi connectivity index (χ0n) is 7.11. The van der Waals surface area contributed by atoms with Crippen molar-refractivity contribution in [3.8, 4) is 0 Å². The molecule has 0 aliphatic rings. The van der Waals surface area contributed by atoms with E-state index in [1.54, 1.807) is 12.1 Å². The molecule has 0 spiro atoms. The molecule has 0 amide bonds. The molecular weight excluding hydrogens is 124 g/mol. The Hall–Kier alpha value is 0.217. The minimum atomic E-state index is -0.213. The molecule has 0 heterocycles. The Kier molecular flexibility index (Phi) is 6.49. The second-order valence-corrected chi connectivity index (χ2v) is 6.55. The maximum absolute atomic E-state index is 2.36. The van der Waals surface area contributed by atoms with Gasteiger partial charge in [-0.15, -0.1) is 0 Å². The van der Waals surface area contributed by atoms with Crippen LogP contribution >= 0.6 is 0 Å². The number of hydrogen-bond donors (Lipinski definition) is 0. The van der Waals surface area contributed by atoms with Crippen LogP contribution in [-0.2, 0) is 0 Å². The summed E-state index contributed by atoms with van der Waals surface area (Å²) >= 11 is 0. The van der Waals surface area contributed by atoms with Crippen LogP contribution in [0.3, 0.4) is 0 Å². The molecule has 0 saturated heterocycles. The summed E-state index contributed by atoms with van der Waals surface area (Å²) in [6, 6.07) is 4.66. The van der Waals surface area contributed by atoms with E-state index in [9.17, 15) is 0 Å². The minimum absolute atomic E-state index is 0.213. The molecule has 0 saturated carbocycles. The van der Waals surface area contributed by atoms with Gasteiger partial charge in [0.15, 0.2) is 0 Å². The van der Waals surface area contributed by atoms with Crippen molar-refractivity contribution in [2.45, 2.75) is 51.7 Å². The van der Waals surface area contributed by atoms with E-state index in [-0.39, 0.29) is 8.80 Å². The van der Waals surface area contributed by atoms with Crippen LogP contribution in [0.2, 0.25) is 18.1 Å². The standard InChI is InChI=1S/C8H20Si/c1-4-7-9(6-3)8-5-2/h9H,4-8H2,1-3H3. The fraction of sp³-hybridized carbons (Fsp3) is 1.00. The highest BCUT2D eigenvalue weighted by Crippen LogP contribution is 2.09. The molecule has 0 atom stereocenters. The van der Waals surface area contributed by atoms with E-state index in [4.69, 9.17) is 0 Å². The molecule has 0 aromatic carbocycles. The number of hydrogen-bond acceptors (Lipinski definition) is 0. The molecule has 0 aromatic rings. The molecule has 0 N–H and O–H groups in total. The monoisotopic (exact) mass is 144 g/mol. The fourth-order valence-electron chi connectivity index (χ4n) is 1.37. The third-order valence-corrected chi connectivity index (χ3v) is 5.91. The molecule has 0 fully saturated rings. The quantitative estimate of drug-likeness (QED) is 0.520. The Labute approximate surface area is 61.3 Å². The lowest BCUT2D eigenvalue weighted by molar-refractivity contribution is 0.992. The first-order chi connectivity index (χ1) is 4.35.